The molecule has 1 aliphatic rings. The molecule has 0 amide bonds. The van der Waals surface area contributed by atoms with E-state index in [0.717, 1.165) is 11.0 Å². The van der Waals surface area contributed by atoms with Crippen LogP contribution in [-0.2, 0) is 15.7 Å². The molecule has 0 radical (unpaired) electrons. The van der Waals surface area contributed by atoms with Crippen LogP contribution in [0.3, 0.4) is 0 Å². The Morgan fingerprint density at radius 1 is 1.20 bits per heavy atom. The molecule has 0 bridgehead atoms. The first-order valence-corrected chi connectivity index (χ1v) is 9.09. The number of nitrogens with one attached hydrogen (secondary N) is 1. The predicted molar refractivity (Wildman–Crippen MR) is 96.4 cm³/mol. The Hall–Kier alpha value is -2.72. The lowest BCUT2D eigenvalue weighted by Gasteiger charge is -2.28. The van der Waals surface area contributed by atoms with Crippen LogP contribution in [0, 0.1) is 0 Å². The lowest BCUT2D eigenvalue weighted by molar-refractivity contribution is -0.143. The van der Waals surface area contributed by atoms with Crippen molar-refractivity contribution in [3.63, 3.8) is 0 Å². The van der Waals surface area contributed by atoms with Crippen LogP contribution in [0.5, 0.6) is 0 Å². The quantitative estimate of drug-likeness (QED) is 0.572. The summed E-state index contributed by atoms with van der Waals surface area (Å²) in [5.41, 5.74) is -2.52. The summed E-state index contributed by atoms with van der Waals surface area (Å²) in [6.07, 6.45) is -9.93. The van der Waals surface area contributed by atoms with Crippen LogP contribution in [0.2, 0.25) is 0 Å². The van der Waals surface area contributed by atoms with Crippen LogP contribution in [0.15, 0.2) is 23.0 Å². The monoisotopic (exact) mass is 436 g/mol. The summed E-state index contributed by atoms with van der Waals surface area (Å²) >= 11 is 0. The molecule has 5 nitrogen and oxygen atoms in total. The highest BCUT2D eigenvalue weighted by molar-refractivity contribution is 5.93. The van der Waals surface area contributed by atoms with E-state index in [9.17, 15) is 35.9 Å². The zero-order valence-electron chi connectivity index (χ0n) is 15.9. The fourth-order valence-electron chi connectivity index (χ4n) is 4.00. The van der Waals surface area contributed by atoms with Gasteiger partial charge in [0.2, 0.25) is 5.56 Å². The van der Waals surface area contributed by atoms with Crippen LogP contribution in [0.1, 0.15) is 37.3 Å². The number of carbonyl (C=O) groups is 1. The summed E-state index contributed by atoms with van der Waals surface area (Å²) < 4.78 is 85.5. The molecule has 1 aromatic carbocycles. The number of aromatic nitrogens is 1. The van der Waals surface area contributed by atoms with E-state index in [4.69, 9.17) is 4.74 Å². The topological polar surface area (TPSA) is 62.4 Å². The smallest absolute Gasteiger partial charge is 0.417 e. The number of esters is 1. The van der Waals surface area contributed by atoms with Gasteiger partial charge in [0.05, 0.1) is 18.6 Å². The van der Waals surface area contributed by atoms with Gasteiger partial charge in [0, 0.05) is 34.6 Å². The zero-order valence-corrected chi connectivity index (χ0v) is 15.9. The number of ether oxygens (including phenoxy) is 1. The minimum absolute atomic E-state index is 0.0235. The van der Waals surface area contributed by atoms with Crippen LogP contribution in [0.25, 0.3) is 10.9 Å². The predicted octanol–water partition coefficient (Wildman–Crippen LogP) is 4.35. The van der Waals surface area contributed by atoms with Gasteiger partial charge in [-0.25, -0.2) is 0 Å². The first-order valence-electron chi connectivity index (χ1n) is 9.09. The molecule has 3 rings (SSSR count). The molecule has 1 N–H and O–H groups in total. The first-order chi connectivity index (χ1) is 13.8. The summed E-state index contributed by atoms with van der Waals surface area (Å²) in [5, 5.41) is -0.412. The molecular weight excluding hydrogens is 418 g/mol. The van der Waals surface area contributed by atoms with Gasteiger partial charge in [-0.15, -0.1) is 0 Å². The molecule has 1 aliphatic heterocycles. The average Bonchev–Trinajstić information content (AvgIpc) is 2.84. The van der Waals surface area contributed by atoms with Gasteiger partial charge in [-0.2, -0.15) is 26.3 Å². The number of halogens is 6. The van der Waals surface area contributed by atoms with Crippen molar-refractivity contribution in [3.05, 3.63) is 39.7 Å². The summed E-state index contributed by atoms with van der Waals surface area (Å²) in [4.78, 5) is 27.0. The molecule has 2 heterocycles. The molecule has 0 aliphatic carbocycles. The summed E-state index contributed by atoms with van der Waals surface area (Å²) in [7, 11) is 0. The molecule has 0 spiro atoms. The number of rotatable bonds is 4. The number of hydrogen-bond donors (Lipinski definition) is 1. The lowest BCUT2D eigenvalue weighted by Crippen LogP contribution is -2.39. The Labute approximate surface area is 166 Å². The van der Waals surface area contributed by atoms with Gasteiger partial charge in [0.25, 0.3) is 0 Å². The minimum Gasteiger partial charge on any atom is -0.466 e. The molecule has 2 unspecified atom stereocenters. The highest BCUT2D eigenvalue weighted by atomic mass is 19.4. The molecule has 1 aromatic heterocycles. The number of nitrogens with zero attached hydrogens (tertiary/aromatic N) is 1. The van der Waals surface area contributed by atoms with E-state index in [1.165, 1.54) is 13.0 Å². The second-order valence-corrected chi connectivity index (χ2v) is 7.07. The maximum atomic E-state index is 13.7. The zero-order chi connectivity index (χ0) is 22.4. The lowest BCUT2D eigenvalue weighted by atomic mass is 9.88. The number of benzene rings is 1. The van der Waals surface area contributed by atoms with E-state index in [1.807, 2.05) is 0 Å². The molecule has 0 saturated heterocycles. The number of fused-ring (bicyclic) bond motifs is 3. The van der Waals surface area contributed by atoms with Crippen molar-refractivity contribution in [2.24, 2.45) is 0 Å². The molecule has 164 valence electrons. The van der Waals surface area contributed by atoms with E-state index < -0.39 is 59.8 Å². The van der Waals surface area contributed by atoms with E-state index in [1.54, 1.807) is 6.92 Å². The number of aromatic amines is 1. The fraction of sp³-hybridized carbons (Fsp3) is 0.474. The molecule has 2 atom stereocenters. The average molecular weight is 436 g/mol. The fourth-order valence-corrected chi connectivity index (χ4v) is 4.00. The molecule has 30 heavy (non-hydrogen) atoms. The number of hydrogen-bond acceptors (Lipinski definition) is 4. The van der Waals surface area contributed by atoms with Crippen molar-refractivity contribution in [3.8, 4) is 0 Å². The highest BCUT2D eigenvalue weighted by Crippen LogP contribution is 2.49. The Morgan fingerprint density at radius 3 is 2.43 bits per heavy atom. The normalized spacial score (nSPS) is 19.3. The SMILES string of the molecule is CCOC(=O)CC1c2c(ccc3[nH]c(=O)cc(C(F)(F)F)c23)N(CC(F)(F)F)C1C. The van der Waals surface area contributed by atoms with Crippen molar-refractivity contribution >= 4 is 22.6 Å². The summed E-state index contributed by atoms with van der Waals surface area (Å²) in [5.74, 6) is -1.72. The number of alkyl halides is 6. The second-order valence-electron chi connectivity index (χ2n) is 7.07. The number of carbonyl (C=O) groups excluding carboxylic acids is 1. The van der Waals surface area contributed by atoms with Gasteiger partial charge in [0.15, 0.2) is 0 Å². The van der Waals surface area contributed by atoms with Gasteiger partial charge < -0.3 is 14.6 Å². The molecule has 0 fully saturated rings. The molecule has 2 aromatic rings. The van der Waals surface area contributed by atoms with E-state index in [2.05, 4.69) is 4.98 Å². The minimum atomic E-state index is -4.92. The summed E-state index contributed by atoms with van der Waals surface area (Å²) in [6.45, 7) is 1.59. The molecular formula is C19H18F6N2O3. The van der Waals surface area contributed by atoms with Crippen LogP contribution < -0.4 is 10.5 Å². The van der Waals surface area contributed by atoms with Gasteiger partial charge in [-0.1, -0.05) is 0 Å². The number of pyridine rings is 1. The van der Waals surface area contributed by atoms with E-state index in [0.29, 0.717) is 6.07 Å². The van der Waals surface area contributed by atoms with Gasteiger partial charge in [-0.05, 0) is 31.5 Å². The third-order valence-electron chi connectivity index (χ3n) is 5.13. The van der Waals surface area contributed by atoms with E-state index in [-0.39, 0.29) is 23.4 Å². The molecule has 0 saturated carbocycles. The van der Waals surface area contributed by atoms with Crippen LogP contribution >= 0.6 is 0 Å². The van der Waals surface area contributed by atoms with Crippen LogP contribution in [0.4, 0.5) is 32.0 Å². The van der Waals surface area contributed by atoms with Crippen molar-refractivity contribution in [2.45, 2.75) is 44.6 Å². The Kier molecular flexibility index (Phi) is 5.50. The van der Waals surface area contributed by atoms with Crippen molar-refractivity contribution in [1.82, 2.24) is 4.98 Å². The van der Waals surface area contributed by atoms with Crippen LogP contribution in [-0.4, -0.2) is 36.3 Å². The van der Waals surface area contributed by atoms with Gasteiger partial charge in [0.1, 0.15) is 6.54 Å². The standard InChI is InChI=1S/C19H18F6N2O3/c1-3-30-15(29)6-10-9(2)27(8-18(20,21)22)13-5-4-12-17(16(10)13)11(19(23,24)25)7-14(28)26-12/h4-5,7,9-10H,3,6,8H2,1-2H3,(H,26,28). The highest BCUT2D eigenvalue weighted by Gasteiger charge is 2.45. The largest absolute Gasteiger partial charge is 0.466 e. The van der Waals surface area contributed by atoms with Crippen molar-refractivity contribution < 1.29 is 35.9 Å². The van der Waals surface area contributed by atoms with Crippen molar-refractivity contribution in [1.29, 1.82) is 0 Å². The Balaban J connectivity index is 2.30. The van der Waals surface area contributed by atoms with Crippen molar-refractivity contribution in [2.75, 3.05) is 18.1 Å². The van der Waals surface area contributed by atoms with Gasteiger partial charge in [-0.3, -0.25) is 9.59 Å². The van der Waals surface area contributed by atoms with E-state index >= 15 is 0 Å². The first kappa shape index (κ1) is 22.0. The maximum absolute atomic E-state index is 13.7. The molecule has 11 heteroatoms. The maximum Gasteiger partial charge on any atom is 0.417 e. The second kappa shape index (κ2) is 7.51. The number of H-pyrrole nitrogens is 1. The third kappa shape index (κ3) is 4.10. The Bertz CT molecular complexity index is 1030. The van der Waals surface area contributed by atoms with Gasteiger partial charge >= 0.3 is 18.3 Å². The Morgan fingerprint density at radius 2 is 1.87 bits per heavy atom. The third-order valence-corrected chi connectivity index (χ3v) is 5.13. The summed E-state index contributed by atoms with van der Waals surface area (Å²) in [6, 6.07) is 1.83. The number of anilines is 1.